The number of anilines is 1. The number of fused-ring (bicyclic) bond motifs is 2. The van der Waals surface area contributed by atoms with E-state index in [1.807, 2.05) is 79.1 Å². The van der Waals surface area contributed by atoms with Crippen molar-refractivity contribution in [2.75, 3.05) is 86.2 Å². The summed E-state index contributed by atoms with van der Waals surface area (Å²) in [6.07, 6.45) is -3.22. The number of likely N-dealkylation sites (N-methyl/N-ethyl adjacent to an activating group) is 2. The van der Waals surface area contributed by atoms with Crippen molar-refractivity contribution in [1.29, 1.82) is 0 Å². The lowest BCUT2D eigenvalue weighted by molar-refractivity contribution is -0.320. The van der Waals surface area contributed by atoms with Crippen LogP contribution < -0.4 is 16.1 Å². The monoisotopic (exact) mass is 1250 g/mol. The fourth-order valence-corrected chi connectivity index (χ4v) is 13.6. The van der Waals surface area contributed by atoms with Gasteiger partial charge in [-0.3, -0.25) is 14.4 Å². The molecule has 5 heterocycles. The van der Waals surface area contributed by atoms with E-state index in [-0.39, 0.29) is 92.7 Å². The molecule has 0 bridgehead atoms. The number of nitrogens with zero attached hydrogens (tertiary/aromatic N) is 3. The third kappa shape index (κ3) is 17.3. The Balaban J connectivity index is 0.928. The second kappa shape index (κ2) is 30.6. The lowest BCUT2D eigenvalue weighted by Gasteiger charge is -2.49. The highest BCUT2D eigenvalue weighted by molar-refractivity contribution is 6.34. The molecule has 24 nitrogen and oxygen atoms in total. The maximum absolute atomic E-state index is 14.9. The standard InChI is InChI=1S/C62H100ClN5O19/c1-15-47-62(10)54(86-59(75)87-62)38(6)67(13)32-34(2)30-60(8,76)53(85-58-51(71)46(66(11)12)27-35(3)81-58)36(4)52(37(5)57(74)83-47)84-49-31-61(9,77-14)55(39(7)82-49)80-22-16-20-65-48(69)19-23-78-25-26-79-24-21-64-44-28-41-45(29-43(44)63)68(40-17-18-40)33-42(50(41)70)56(72)73/h28-29,33-40,46-47,49,51-55,58-59,64,71,75-76H,15-27,30-32H2,1-14H3,(H,65,69)(H,72,73)/t34-,35-,36+,37-,38-,39+,46+,47-,49+,51-,52+,53-,54-,55+,58+,59+,60-,61-,62-/m1/s1. The van der Waals surface area contributed by atoms with Gasteiger partial charge in [-0.2, -0.15) is 0 Å². The van der Waals surface area contributed by atoms with Crippen molar-refractivity contribution in [3.63, 3.8) is 0 Å². The van der Waals surface area contributed by atoms with Crippen molar-refractivity contribution >= 4 is 46.0 Å². The number of carboxylic acid groups (broad SMARTS) is 1. The Bertz CT molecular complexity index is 2670. The van der Waals surface area contributed by atoms with Crippen LogP contribution in [0.5, 0.6) is 0 Å². The van der Waals surface area contributed by atoms with Gasteiger partial charge in [-0.1, -0.05) is 32.4 Å². The number of benzene rings is 1. The summed E-state index contributed by atoms with van der Waals surface area (Å²) in [5, 5.41) is 51.9. The van der Waals surface area contributed by atoms with E-state index in [2.05, 4.69) is 15.5 Å². The molecule has 5 aliphatic rings. The number of cyclic esters (lactones) is 1. The normalized spacial score (nSPS) is 36.7. The molecule has 1 aromatic carbocycles. The van der Waals surface area contributed by atoms with Gasteiger partial charge in [-0.15, -0.1) is 0 Å². The molecule has 1 amide bonds. The second-order valence-corrected chi connectivity index (χ2v) is 26.2. The average molecular weight is 1250 g/mol. The maximum Gasteiger partial charge on any atom is 0.341 e. The number of aliphatic hydroxyl groups excluding tert-OH is 2. The number of halogens is 1. The maximum atomic E-state index is 14.9. The molecule has 25 heteroatoms. The van der Waals surface area contributed by atoms with Crippen LogP contribution in [0.25, 0.3) is 10.9 Å². The van der Waals surface area contributed by atoms with Crippen LogP contribution in [0.15, 0.2) is 23.1 Å². The number of aromatic nitrogens is 1. The predicted octanol–water partition coefficient (Wildman–Crippen LogP) is 5.31. The molecule has 0 radical (unpaired) electrons. The van der Waals surface area contributed by atoms with Crippen LogP contribution in [0.4, 0.5) is 5.69 Å². The first-order chi connectivity index (χ1) is 41.0. The van der Waals surface area contributed by atoms with E-state index in [1.165, 1.54) is 6.20 Å². The topological polar surface area (TPSA) is 286 Å². The SMILES string of the molecule is CC[C@H]1OC(=O)[C@H](C)[C@@H](O[C@H]2C[C@@](C)(OC)[C@@H](OCCCNC(=O)CCOCCOCCNc3cc4c(=O)c(C(=O)O)cn(C5CC5)c4cc3Cl)[C@H](C)O2)[C@H](C)[C@@H](O[C@@H]2O[C@H](C)C[C@H](N(C)C)[C@H]2O)[C@](C)(O)C[C@@H](C)CN(C)[C@H](C)[C@H]2O[C@H](O)O[C@@]21C. The van der Waals surface area contributed by atoms with Crippen LogP contribution in [0.2, 0.25) is 5.02 Å². The minimum absolute atomic E-state index is 0.140. The summed E-state index contributed by atoms with van der Waals surface area (Å²) in [5.74, 6) is -4.02. The zero-order valence-corrected chi connectivity index (χ0v) is 54.2. The Morgan fingerprint density at radius 2 is 1.61 bits per heavy atom. The van der Waals surface area contributed by atoms with Crippen molar-refractivity contribution in [3.8, 4) is 0 Å². The molecule has 1 aromatic heterocycles. The first-order valence-corrected chi connectivity index (χ1v) is 31.5. The second-order valence-electron chi connectivity index (χ2n) is 25.8. The van der Waals surface area contributed by atoms with E-state index in [9.17, 15) is 39.6 Å². The highest BCUT2D eigenvalue weighted by Gasteiger charge is 2.57. The highest BCUT2D eigenvalue weighted by Crippen LogP contribution is 2.44. The molecule has 2 aromatic rings. The molecule has 1 saturated carbocycles. The van der Waals surface area contributed by atoms with E-state index in [4.69, 9.17) is 63.7 Å². The third-order valence-corrected chi connectivity index (χ3v) is 18.7. The number of carbonyl (C=O) groups is 3. The molecule has 4 aliphatic heterocycles. The molecule has 1 aliphatic carbocycles. The number of hydrogen-bond donors (Lipinski definition) is 6. The van der Waals surface area contributed by atoms with Gasteiger partial charge in [0.25, 0.3) is 6.48 Å². The molecule has 87 heavy (non-hydrogen) atoms. The fraction of sp³-hybridized carbons (Fsp3) is 0.806. The smallest absolute Gasteiger partial charge is 0.341 e. The van der Waals surface area contributed by atoms with Gasteiger partial charge in [0, 0.05) is 81.8 Å². The van der Waals surface area contributed by atoms with Crippen LogP contribution in [0, 0.1) is 17.8 Å². The van der Waals surface area contributed by atoms with Crippen LogP contribution in [0.3, 0.4) is 0 Å². The summed E-state index contributed by atoms with van der Waals surface area (Å²) in [6.45, 7) is 19.6. The summed E-state index contributed by atoms with van der Waals surface area (Å²) < 4.78 is 71.3. The Labute approximate surface area is 517 Å². The third-order valence-electron chi connectivity index (χ3n) is 18.4. The summed E-state index contributed by atoms with van der Waals surface area (Å²) in [4.78, 5) is 56.5. The summed E-state index contributed by atoms with van der Waals surface area (Å²) in [7, 11) is 7.31. The Morgan fingerprint density at radius 3 is 2.26 bits per heavy atom. The van der Waals surface area contributed by atoms with Gasteiger partial charge < -0.3 is 97.5 Å². The lowest BCUT2D eigenvalue weighted by Crippen LogP contribution is -2.61. The number of hydrogen-bond acceptors (Lipinski definition) is 21. The number of esters is 1. The number of pyridine rings is 1. The Hall–Kier alpha value is -3.67. The molecule has 0 spiro atoms. The van der Waals surface area contributed by atoms with Crippen molar-refractivity contribution in [2.24, 2.45) is 17.8 Å². The lowest BCUT2D eigenvalue weighted by atomic mass is 9.77. The average Bonchev–Trinajstić information content (AvgIpc) is 2.95. The van der Waals surface area contributed by atoms with Gasteiger partial charge in [-0.25, -0.2) is 4.79 Å². The van der Waals surface area contributed by atoms with Crippen LogP contribution in [0.1, 0.15) is 137 Å². The first kappa shape index (κ1) is 70.8. The number of amides is 1. The fourth-order valence-electron chi connectivity index (χ4n) is 13.4. The number of aromatic carboxylic acids is 1. The van der Waals surface area contributed by atoms with Crippen LogP contribution >= 0.6 is 11.6 Å². The number of methoxy groups -OCH3 is 1. The van der Waals surface area contributed by atoms with Gasteiger partial charge in [0.2, 0.25) is 11.3 Å². The molecule has 5 fully saturated rings. The minimum atomic E-state index is -1.59. The van der Waals surface area contributed by atoms with Gasteiger partial charge in [0.05, 0.1) is 84.2 Å². The summed E-state index contributed by atoms with van der Waals surface area (Å²) >= 11 is 6.57. The van der Waals surface area contributed by atoms with Crippen molar-refractivity contribution in [2.45, 2.75) is 223 Å². The zero-order valence-electron chi connectivity index (χ0n) is 53.5. The first-order valence-electron chi connectivity index (χ1n) is 31.1. The number of carboxylic acids is 1. The molecule has 0 unspecified atom stereocenters. The van der Waals surface area contributed by atoms with E-state index in [0.29, 0.717) is 61.7 Å². The number of carbonyl (C=O) groups excluding carboxylic acids is 2. The number of rotatable bonds is 24. The van der Waals surface area contributed by atoms with Gasteiger partial charge in [0.15, 0.2) is 12.6 Å². The molecule has 494 valence electrons. The predicted molar refractivity (Wildman–Crippen MR) is 322 cm³/mol. The minimum Gasteiger partial charge on any atom is -0.477 e. The van der Waals surface area contributed by atoms with Crippen LogP contribution in [-0.2, 0) is 61.7 Å². The summed E-state index contributed by atoms with van der Waals surface area (Å²) in [5.41, 5.74) is -3.57. The Kier molecular flexibility index (Phi) is 24.9. The highest BCUT2D eigenvalue weighted by atomic mass is 35.5. The molecule has 4 saturated heterocycles. The number of nitrogens with one attached hydrogen (secondary N) is 2. The van der Waals surface area contributed by atoms with E-state index in [0.717, 1.165) is 12.8 Å². The number of ether oxygens (including phenoxy) is 11. The number of aliphatic hydroxyl groups is 3. The van der Waals surface area contributed by atoms with E-state index in [1.54, 1.807) is 40.0 Å². The van der Waals surface area contributed by atoms with Crippen molar-refractivity contribution < 1.29 is 86.9 Å². The van der Waals surface area contributed by atoms with E-state index >= 15 is 0 Å². The van der Waals surface area contributed by atoms with Crippen molar-refractivity contribution in [1.82, 2.24) is 19.7 Å². The van der Waals surface area contributed by atoms with Crippen molar-refractivity contribution in [3.05, 3.63) is 39.1 Å². The molecule has 6 N–H and O–H groups in total. The Morgan fingerprint density at radius 1 is 0.908 bits per heavy atom. The van der Waals surface area contributed by atoms with Crippen LogP contribution in [-0.4, -0.2) is 230 Å². The van der Waals surface area contributed by atoms with Gasteiger partial charge in [0.1, 0.15) is 35.6 Å². The zero-order chi connectivity index (χ0) is 63.9. The van der Waals surface area contributed by atoms with Gasteiger partial charge >= 0.3 is 11.9 Å². The largest absolute Gasteiger partial charge is 0.477 e. The van der Waals surface area contributed by atoms with Gasteiger partial charge in [-0.05, 0) is 126 Å². The molecule has 7 rings (SSSR count). The van der Waals surface area contributed by atoms with E-state index < -0.39 is 108 Å². The molecular weight excluding hydrogens is 1150 g/mol. The molecule has 19 atom stereocenters. The quantitative estimate of drug-likeness (QED) is 0.0574. The summed E-state index contributed by atoms with van der Waals surface area (Å²) in [6, 6.07) is 2.78. The molecular formula is C62H100ClN5O19.